The predicted molar refractivity (Wildman–Crippen MR) is 180 cm³/mol. The van der Waals surface area contributed by atoms with E-state index in [-0.39, 0.29) is 55.7 Å². The maximum absolute atomic E-state index is 13.7. The van der Waals surface area contributed by atoms with Crippen LogP contribution in [0.2, 0.25) is 0 Å². The molecule has 4 heterocycles. The summed E-state index contributed by atoms with van der Waals surface area (Å²) in [5, 5.41) is 5.93. The highest BCUT2D eigenvalue weighted by molar-refractivity contribution is 5.96. The number of aromatic nitrogens is 1. The Labute approximate surface area is 290 Å². The summed E-state index contributed by atoms with van der Waals surface area (Å²) in [5.41, 5.74) is 1.43. The smallest absolute Gasteiger partial charge is 0.259 e. The van der Waals surface area contributed by atoms with Gasteiger partial charge in [0.25, 0.3) is 11.8 Å². The van der Waals surface area contributed by atoms with Gasteiger partial charge >= 0.3 is 0 Å². The van der Waals surface area contributed by atoms with E-state index >= 15 is 0 Å². The largest absolute Gasteiger partial charge is 0.493 e. The van der Waals surface area contributed by atoms with Crippen LogP contribution in [0, 0.1) is 0 Å². The van der Waals surface area contributed by atoms with E-state index in [2.05, 4.69) is 15.6 Å². The third-order valence-corrected chi connectivity index (χ3v) is 8.92. The first-order valence-corrected chi connectivity index (χ1v) is 16.7. The molecule has 3 aromatic rings. The van der Waals surface area contributed by atoms with E-state index in [9.17, 15) is 19.2 Å². The number of carbonyl (C=O) groups is 4. The number of ether oxygens (including phenoxy) is 5. The number of carbonyl (C=O) groups excluding carboxylic acids is 4. The molecule has 264 valence electrons. The molecule has 6 rings (SSSR count). The van der Waals surface area contributed by atoms with E-state index < -0.39 is 12.1 Å². The Morgan fingerprint density at radius 2 is 1.74 bits per heavy atom. The molecule has 2 atom stereocenters. The molecule has 4 bridgehead atoms. The van der Waals surface area contributed by atoms with Crippen LogP contribution >= 0.6 is 0 Å². The van der Waals surface area contributed by atoms with Crippen molar-refractivity contribution in [3.63, 3.8) is 0 Å². The van der Waals surface area contributed by atoms with Gasteiger partial charge in [0.15, 0.2) is 23.0 Å². The van der Waals surface area contributed by atoms with Crippen molar-refractivity contribution in [3.8, 4) is 28.9 Å². The van der Waals surface area contributed by atoms with Crippen LogP contribution in [-0.2, 0) is 16.0 Å². The van der Waals surface area contributed by atoms with Gasteiger partial charge in [0.05, 0.1) is 27.2 Å². The molecule has 3 aliphatic rings. The van der Waals surface area contributed by atoms with Gasteiger partial charge in [-0.1, -0.05) is 6.07 Å². The van der Waals surface area contributed by atoms with Gasteiger partial charge in [-0.05, 0) is 67.3 Å². The number of fused-ring (bicyclic) bond motifs is 5. The van der Waals surface area contributed by atoms with Gasteiger partial charge in [-0.2, -0.15) is 0 Å². The fraction of sp³-hybridized carbons (Fsp3) is 0.417. The molecular formula is C36H41N5O9. The third-order valence-electron chi connectivity index (χ3n) is 8.92. The molecule has 4 amide bonds. The number of nitrogens with one attached hydrogen (secondary N) is 2. The van der Waals surface area contributed by atoms with Crippen LogP contribution in [0.5, 0.6) is 28.9 Å². The fourth-order valence-electron chi connectivity index (χ4n) is 6.36. The molecule has 2 aromatic carbocycles. The summed E-state index contributed by atoms with van der Waals surface area (Å²) in [6, 6.07) is 12.8. The van der Waals surface area contributed by atoms with Crippen molar-refractivity contribution < 1.29 is 42.9 Å². The van der Waals surface area contributed by atoms with Crippen molar-refractivity contribution in [2.45, 2.75) is 44.2 Å². The average molecular weight is 688 g/mol. The molecule has 0 spiro atoms. The third kappa shape index (κ3) is 7.85. The van der Waals surface area contributed by atoms with E-state index in [4.69, 9.17) is 23.7 Å². The standard InChI is InChI=1S/C36H41N5O9/c1-46-28-11-9-24-19-31(28)50-25-20-27(41(21-25)32(42)18-23-8-10-29-30(17-23)49-22-48-29)34(44)38-12-3-4-15-40(16-6-14-37-33(24)43)36(45)26-7-5-13-39-35(26)47-2/h5,7-11,13,17,19,25,27H,3-4,6,12,14-16,18,20-22H2,1-2H3,(H,37,43)(H,38,44)/t25-,27-/m0/s1. The highest BCUT2D eigenvalue weighted by Crippen LogP contribution is 2.34. The lowest BCUT2D eigenvalue weighted by Crippen LogP contribution is -2.46. The average Bonchev–Trinajstić information content (AvgIpc) is 3.78. The molecule has 1 aromatic heterocycles. The summed E-state index contributed by atoms with van der Waals surface area (Å²) in [7, 11) is 2.97. The lowest BCUT2D eigenvalue weighted by atomic mass is 10.1. The monoisotopic (exact) mass is 687 g/mol. The molecule has 1 saturated heterocycles. The lowest BCUT2D eigenvalue weighted by Gasteiger charge is -2.25. The number of amides is 4. The number of hydrogen-bond donors (Lipinski definition) is 2. The number of rotatable bonds is 5. The van der Waals surface area contributed by atoms with E-state index in [0.29, 0.717) is 79.6 Å². The van der Waals surface area contributed by atoms with Crippen molar-refractivity contribution in [1.82, 2.24) is 25.4 Å². The minimum absolute atomic E-state index is 0.0533. The molecule has 0 aliphatic carbocycles. The van der Waals surface area contributed by atoms with Gasteiger partial charge in [-0.25, -0.2) is 4.98 Å². The van der Waals surface area contributed by atoms with Gasteiger partial charge in [-0.3, -0.25) is 19.2 Å². The first-order chi connectivity index (χ1) is 24.3. The first kappa shape index (κ1) is 34.3. The summed E-state index contributed by atoms with van der Waals surface area (Å²) in [6.07, 6.45) is 3.03. The van der Waals surface area contributed by atoms with Crippen molar-refractivity contribution in [2.24, 2.45) is 0 Å². The van der Waals surface area contributed by atoms with Crippen molar-refractivity contribution in [1.29, 1.82) is 0 Å². The van der Waals surface area contributed by atoms with Gasteiger partial charge in [-0.15, -0.1) is 0 Å². The zero-order valence-corrected chi connectivity index (χ0v) is 28.1. The zero-order valence-electron chi connectivity index (χ0n) is 28.1. The van der Waals surface area contributed by atoms with Crippen LogP contribution in [0.3, 0.4) is 0 Å². The maximum atomic E-state index is 13.7. The number of likely N-dealkylation sites (tertiary alicyclic amines) is 1. The summed E-state index contributed by atoms with van der Waals surface area (Å²) >= 11 is 0. The van der Waals surface area contributed by atoms with Crippen LogP contribution in [0.4, 0.5) is 0 Å². The highest BCUT2D eigenvalue weighted by atomic mass is 16.7. The second-order valence-electron chi connectivity index (χ2n) is 12.2. The summed E-state index contributed by atoms with van der Waals surface area (Å²) in [5.74, 6) is 1.09. The summed E-state index contributed by atoms with van der Waals surface area (Å²) < 4.78 is 28.1. The Balaban J connectivity index is 1.22. The quantitative estimate of drug-likeness (QED) is 0.409. The Bertz CT molecular complexity index is 1730. The number of pyridine rings is 1. The molecule has 3 aliphatic heterocycles. The molecule has 0 unspecified atom stereocenters. The van der Waals surface area contributed by atoms with Gasteiger partial charge < -0.3 is 44.1 Å². The fourth-order valence-corrected chi connectivity index (χ4v) is 6.36. The van der Waals surface area contributed by atoms with Crippen LogP contribution < -0.4 is 34.3 Å². The first-order valence-electron chi connectivity index (χ1n) is 16.7. The maximum Gasteiger partial charge on any atom is 0.259 e. The number of nitrogens with zero attached hydrogens (tertiary/aromatic N) is 3. The Kier molecular flexibility index (Phi) is 10.8. The van der Waals surface area contributed by atoms with E-state index in [1.54, 1.807) is 64.5 Å². The van der Waals surface area contributed by atoms with E-state index in [1.807, 2.05) is 0 Å². The van der Waals surface area contributed by atoms with Crippen LogP contribution in [-0.4, -0.2) is 104 Å². The molecule has 50 heavy (non-hydrogen) atoms. The highest BCUT2D eigenvalue weighted by Gasteiger charge is 2.41. The minimum atomic E-state index is -0.780. The summed E-state index contributed by atoms with van der Waals surface area (Å²) in [4.78, 5) is 61.6. The van der Waals surface area contributed by atoms with Crippen molar-refractivity contribution >= 4 is 23.6 Å². The zero-order chi connectivity index (χ0) is 35.0. The molecular weight excluding hydrogens is 646 g/mol. The van der Waals surface area contributed by atoms with E-state index in [0.717, 1.165) is 5.56 Å². The number of benzene rings is 2. The molecule has 1 fully saturated rings. The second kappa shape index (κ2) is 15.8. The van der Waals surface area contributed by atoms with Gasteiger partial charge in [0.2, 0.25) is 24.5 Å². The molecule has 0 radical (unpaired) electrons. The van der Waals surface area contributed by atoms with Crippen LogP contribution in [0.1, 0.15) is 52.0 Å². The number of hydrogen-bond acceptors (Lipinski definition) is 10. The molecule has 14 nitrogen and oxygen atoms in total. The Hall–Kier alpha value is -5.53. The van der Waals surface area contributed by atoms with Crippen molar-refractivity contribution in [2.75, 3.05) is 53.7 Å². The molecule has 14 heteroatoms. The lowest BCUT2D eigenvalue weighted by molar-refractivity contribution is -0.138. The van der Waals surface area contributed by atoms with Crippen LogP contribution in [0.15, 0.2) is 54.7 Å². The Morgan fingerprint density at radius 1 is 0.920 bits per heavy atom. The topological polar surface area (TPSA) is 158 Å². The van der Waals surface area contributed by atoms with Crippen molar-refractivity contribution in [3.05, 3.63) is 71.4 Å². The SMILES string of the molecule is COc1ccc2cc1O[C@H]1C[C@@H](C(=O)NCCCCN(C(=O)c3cccnc3OC)CCCNC2=O)N(C(=O)Cc2ccc3c(c2)OCO3)C1. The number of methoxy groups -OCH3 is 2. The second-order valence-corrected chi connectivity index (χ2v) is 12.2. The van der Waals surface area contributed by atoms with Crippen LogP contribution in [0.25, 0.3) is 0 Å². The normalized spacial score (nSPS) is 19.6. The summed E-state index contributed by atoms with van der Waals surface area (Å²) in [6.45, 7) is 1.77. The predicted octanol–water partition coefficient (Wildman–Crippen LogP) is 2.59. The Morgan fingerprint density at radius 3 is 2.58 bits per heavy atom. The van der Waals surface area contributed by atoms with E-state index in [1.165, 1.54) is 14.2 Å². The minimum Gasteiger partial charge on any atom is -0.493 e. The van der Waals surface area contributed by atoms with Gasteiger partial charge in [0.1, 0.15) is 17.7 Å². The molecule has 0 saturated carbocycles. The van der Waals surface area contributed by atoms with Gasteiger partial charge in [0, 0.05) is 44.4 Å². The molecule has 2 N–H and O–H groups in total.